The molecule has 118 valence electrons. The minimum absolute atomic E-state index is 0.0217. The zero-order chi connectivity index (χ0) is 15.9. The Morgan fingerprint density at radius 1 is 1.36 bits per heavy atom. The third kappa shape index (κ3) is 2.41. The van der Waals surface area contributed by atoms with Gasteiger partial charge in [-0.05, 0) is 56.5 Å². The van der Waals surface area contributed by atoms with E-state index in [1.807, 2.05) is 26.0 Å². The van der Waals surface area contributed by atoms with E-state index in [9.17, 15) is 8.42 Å². The van der Waals surface area contributed by atoms with E-state index in [-0.39, 0.29) is 12.0 Å². The minimum Gasteiger partial charge on any atom is -0.330 e. The number of fused-ring (bicyclic) bond motifs is 1. The molecule has 0 amide bonds. The van der Waals surface area contributed by atoms with Crippen LogP contribution < -0.4 is 5.73 Å². The summed E-state index contributed by atoms with van der Waals surface area (Å²) < 4.78 is 27.8. The molecule has 2 atom stereocenters. The average molecular weight is 319 g/mol. The number of nitrogens with two attached hydrogens (primary N) is 1. The van der Waals surface area contributed by atoms with E-state index in [1.165, 1.54) is 0 Å². The summed E-state index contributed by atoms with van der Waals surface area (Å²) in [6.07, 6.45) is 2.51. The average Bonchev–Trinajstić information content (AvgIpc) is 2.89. The monoisotopic (exact) mass is 319 g/mol. The number of rotatable bonds is 3. The quantitative estimate of drug-likeness (QED) is 0.937. The van der Waals surface area contributed by atoms with Crippen molar-refractivity contribution in [1.29, 1.82) is 0 Å². The predicted molar refractivity (Wildman–Crippen MR) is 87.0 cm³/mol. The molecule has 0 aliphatic carbocycles. The van der Waals surface area contributed by atoms with Gasteiger partial charge in [0.05, 0.1) is 10.4 Å². The van der Waals surface area contributed by atoms with Crippen LogP contribution in [0.5, 0.6) is 0 Å². The van der Waals surface area contributed by atoms with Gasteiger partial charge in [0.2, 0.25) is 10.0 Å². The highest BCUT2D eigenvalue weighted by Crippen LogP contribution is 2.32. The number of aromatic nitrogens is 1. The van der Waals surface area contributed by atoms with Gasteiger partial charge in [-0.1, -0.05) is 6.07 Å². The summed E-state index contributed by atoms with van der Waals surface area (Å²) in [6, 6.07) is 7.09. The Balaban J connectivity index is 2.13. The lowest BCUT2D eigenvalue weighted by atomic mass is 10.1. The second kappa shape index (κ2) is 5.61. The molecule has 0 bridgehead atoms. The van der Waals surface area contributed by atoms with Crippen LogP contribution in [0.1, 0.15) is 18.9 Å². The fourth-order valence-electron chi connectivity index (χ4n) is 3.25. The molecule has 1 fully saturated rings. The van der Waals surface area contributed by atoms with Crippen LogP contribution in [0.15, 0.2) is 35.4 Å². The summed E-state index contributed by atoms with van der Waals surface area (Å²) in [5, 5.41) is 0.686. The Labute approximate surface area is 131 Å². The largest absolute Gasteiger partial charge is 0.330 e. The normalized spacial score (nSPS) is 23.2. The van der Waals surface area contributed by atoms with Gasteiger partial charge >= 0.3 is 0 Å². The third-order valence-corrected chi connectivity index (χ3v) is 6.49. The maximum atomic E-state index is 13.1. The van der Waals surface area contributed by atoms with E-state index in [1.54, 1.807) is 22.6 Å². The molecule has 1 saturated heterocycles. The van der Waals surface area contributed by atoms with Gasteiger partial charge in [-0.3, -0.25) is 4.98 Å². The molecule has 6 heteroatoms. The molecule has 0 spiro atoms. The first-order valence-corrected chi connectivity index (χ1v) is 8.95. The molecular formula is C16H21N3O2S. The van der Waals surface area contributed by atoms with Gasteiger partial charge in [0.25, 0.3) is 0 Å². The molecule has 2 heterocycles. The second-order valence-corrected chi connectivity index (χ2v) is 7.90. The van der Waals surface area contributed by atoms with Crippen LogP contribution >= 0.6 is 0 Å². The molecule has 0 radical (unpaired) electrons. The molecular weight excluding hydrogens is 298 g/mol. The maximum absolute atomic E-state index is 13.1. The number of aryl methyl sites for hydroxylation is 1. The first-order chi connectivity index (χ1) is 10.4. The van der Waals surface area contributed by atoms with Crippen molar-refractivity contribution in [2.75, 3.05) is 13.1 Å². The second-order valence-electron chi connectivity index (χ2n) is 6.04. The first kappa shape index (κ1) is 15.4. The highest BCUT2D eigenvalue weighted by Gasteiger charge is 2.38. The van der Waals surface area contributed by atoms with Crippen molar-refractivity contribution in [2.45, 2.75) is 31.2 Å². The van der Waals surface area contributed by atoms with Crippen molar-refractivity contribution in [1.82, 2.24) is 9.29 Å². The lowest BCUT2D eigenvalue weighted by Gasteiger charge is -2.22. The van der Waals surface area contributed by atoms with Crippen LogP contribution in [0.4, 0.5) is 0 Å². The standard InChI is InChI=1S/C16H21N3O2S/c1-11-5-6-15(14-4-3-7-18-16(11)14)22(20,21)19-10-13(9-17)8-12(19)2/h3-7,12-13H,8-10,17H2,1-2H3. The Kier molecular flexibility index (Phi) is 3.92. The van der Waals surface area contributed by atoms with E-state index in [2.05, 4.69) is 4.98 Å². The summed E-state index contributed by atoms with van der Waals surface area (Å²) in [4.78, 5) is 4.67. The molecule has 3 rings (SSSR count). The van der Waals surface area contributed by atoms with Crippen molar-refractivity contribution < 1.29 is 8.42 Å². The maximum Gasteiger partial charge on any atom is 0.243 e. The number of pyridine rings is 1. The number of benzene rings is 1. The van der Waals surface area contributed by atoms with E-state index >= 15 is 0 Å². The molecule has 1 aromatic carbocycles. The van der Waals surface area contributed by atoms with E-state index in [0.717, 1.165) is 17.5 Å². The third-order valence-electron chi connectivity index (χ3n) is 4.46. The predicted octanol–water partition coefficient (Wildman–Crippen LogP) is 1.90. The van der Waals surface area contributed by atoms with Crippen LogP contribution in [0.25, 0.3) is 10.9 Å². The Hall–Kier alpha value is -1.50. The molecule has 22 heavy (non-hydrogen) atoms. The summed E-state index contributed by atoms with van der Waals surface area (Å²) in [7, 11) is -3.54. The summed E-state index contributed by atoms with van der Waals surface area (Å²) in [6.45, 7) is 4.90. The molecule has 1 aliphatic heterocycles. The molecule has 5 nitrogen and oxygen atoms in total. The van der Waals surface area contributed by atoms with Gasteiger partial charge in [0.15, 0.2) is 0 Å². The number of hydrogen-bond donors (Lipinski definition) is 1. The number of hydrogen-bond acceptors (Lipinski definition) is 4. The van der Waals surface area contributed by atoms with Gasteiger partial charge in [0, 0.05) is 24.2 Å². The van der Waals surface area contributed by atoms with E-state index in [4.69, 9.17) is 5.73 Å². The zero-order valence-corrected chi connectivity index (χ0v) is 13.7. The molecule has 2 unspecified atom stereocenters. The summed E-state index contributed by atoms with van der Waals surface area (Å²) in [5.74, 6) is 0.236. The molecule has 2 aromatic rings. The summed E-state index contributed by atoms with van der Waals surface area (Å²) in [5.41, 5.74) is 7.44. The summed E-state index contributed by atoms with van der Waals surface area (Å²) >= 11 is 0. The number of nitrogens with zero attached hydrogens (tertiary/aromatic N) is 2. The van der Waals surface area contributed by atoms with Gasteiger partial charge in [0.1, 0.15) is 0 Å². The fourth-order valence-corrected chi connectivity index (χ4v) is 5.16. The van der Waals surface area contributed by atoms with E-state index < -0.39 is 10.0 Å². The molecule has 0 saturated carbocycles. The highest BCUT2D eigenvalue weighted by molar-refractivity contribution is 7.89. The molecule has 2 N–H and O–H groups in total. The first-order valence-electron chi connectivity index (χ1n) is 7.51. The lowest BCUT2D eigenvalue weighted by molar-refractivity contribution is 0.405. The smallest absolute Gasteiger partial charge is 0.243 e. The van der Waals surface area contributed by atoms with Crippen molar-refractivity contribution >= 4 is 20.9 Å². The molecule has 1 aliphatic rings. The fraction of sp³-hybridized carbons (Fsp3) is 0.438. The van der Waals surface area contributed by atoms with Crippen LogP contribution in [-0.2, 0) is 10.0 Å². The number of sulfonamides is 1. The Morgan fingerprint density at radius 2 is 2.14 bits per heavy atom. The van der Waals surface area contributed by atoms with Crippen molar-refractivity contribution in [2.24, 2.45) is 11.7 Å². The van der Waals surface area contributed by atoms with Gasteiger partial charge in [-0.25, -0.2) is 8.42 Å². The van der Waals surface area contributed by atoms with E-state index in [0.29, 0.717) is 23.4 Å². The van der Waals surface area contributed by atoms with Crippen LogP contribution in [0, 0.1) is 12.8 Å². The van der Waals surface area contributed by atoms with Gasteiger partial charge < -0.3 is 5.73 Å². The minimum atomic E-state index is -3.54. The molecule has 1 aromatic heterocycles. The highest BCUT2D eigenvalue weighted by atomic mass is 32.2. The SMILES string of the molecule is Cc1ccc(S(=O)(=O)N2CC(CN)CC2C)c2cccnc12. The van der Waals surface area contributed by atoms with Gasteiger partial charge in [-0.2, -0.15) is 4.31 Å². The van der Waals surface area contributed by atoms with Crippen LogP contribution in [0.3, 0.4) is 0 Å². The zero-order valence-electron chi connectivity index (χ0n) is 12.9. The Bertz CT molecular complexity index is 804. The Morgan fingerprint density at radius 3 is 2.82 bits per heavy atom. The topological polar surface area (TPSA) is 76.3 Å². The van der Waals surface area contributed by atoms with Crippen LogP contribution in [0.2, 0.25) is 0 Å². The van der Waals surface area contributed by atoms with Crippen molar-refractivity contribution in [3.8, 4) is 0 Å². The van der Waals surface area contributed by atoms with Crippen molar-refractivity contribution in [3.63, 3.8) is 0 Å². The lowest BCUT2D eigenvalue weighted by Crippen LogP contribution is -2.34. The van der Waals surface area contributed by atoms with Crippen molar-refractivity contribution in [3.05, 3.63) is 36.0 Å². The van der Waals surface area contributed by atoms with Gasteiger partial charge in [-0.15, -0.1) is 0 Å². The van der Waals surface area contributed by atoms with Crippen LogP contribution in [-0.4, -0.2) is 36.8 Å².